The predicted molar refractivity (Wildman–Crippen MR) is 280 cm³/mol. The molecule has 0 N–H and O–H groups in total. The summed E-state index contributed by atoms with van der Waals surface area (Å²) in [5.74, 6) is 5.11. The number of rotatable bonds is 11. The van der Waals surface area contributed by atoms with Gasteiger partial charge in [-0.25, -0.2) is 9.55 Å². The number of aryl methyl sites for hydroxylation is 1. The van der Waals surface area contributed by atoms with E-state index in [9.17, 15) is 0 Å². The number of thiophene rings is 1. The van der Waals surface area contributed by atoms with Gasteiger partial charge in [0.1, 0.15) is 24.8 Å². The minimum Gasteiger partial charge on any atom is -0.299 e. The number of hydrogen-bond donors (Lipinski definition) is 0. The average molecular weight is 879 g/mol. The summed E-state index contributed by atoms with van der Waals surface area (Å²) in [6.07, 6.45) is 16.7. The molecule has 6 heteroatoms. The van der Waals surface area contributed by atoms with Gasteiger partial charge in [0.2, 0.25) is 5.82 Å². The summed E-state index contributed by atoms with van der Waals surface area (Å²) in [7, 11) is 0. The number of fused-ring (bicyclic) bond motifs is 4. The van der Waals surface area contributed by atoms with Crippen LogP contribution in [0.25, 0.3) is 61.3 Å². The highest BCUT2D eigenvalue weighted by atomic mass is 32.1. The van der Waals surface area contributed by atoms with Crippen LogP contribution >= 0.6 is 11.3 Å². The quantitative estimate of drug-likeness (QED) is 0.0941. The third-order valence-corrected chi connectivity index (χ3v) is 13.3. The van der Waals surface area contributed by atoms with Crippen molar-refractivity contribution in [3.05, 3.63) is 185 Å². The Kier molecular flexibility index (Phi) is 14.6. The molecule has 0 bridgehead atoms. The molecule has 1 aliphatic heterocycles. The van der Waals surface area contributed by atoms with Gasteiger partial charge in [-0.15, -0.1) is 11.3 Å². The fraction of sp³-hybridized carbons (Fsp3) is 0.288. The van der Waals surface area contributed by atoms with E-state index in [0.717, 1.165) is 18.1 Å². The molecule has 0 fully saturated rings. The summed E-state index contributed by atoms with van der Waals surface area (Å²) in [6, 6.07) is 35.2. The van der Waals surface area contributed by atoms with Crippen LogP contribution in [0.15, 0.2) is 153 Å². The standard InChI is InChI=1S/C30H30N3.C27H32N2S.C2H6/c1-5-12-25(13-6-2)33-28(23-14-8-7-9-15-23)20-27(22(3)4)30(33)32-19-18-31-21-24-16-10-11-17-26(24)29(31)32;1-16(2)21-10-8-9-11-22(21)27-28-12-13-29(27)25-23(17(3)4)15-20-14-19(7)30-26(20)24(25)18(5)6;1-2/h5-20,22H,1,21H2,2-4H3;8-18H,1-7H3;1-2H3/q+1;;/b13-6-,25-12+;;. The van der Waals surface area contributed by atoms with E-state index in [4.69, 9.17) is 4.98 Å². The van der Waals surface area contributed by atoms with Crippen LogP contribution in [0.2, 0.25) is 0 Å². The first-order chi connectivity index (χ1) is 31.4. The molecular weight excluding hydrogens is 811 g/mol. The molecule has 0 radical (unpaired) electrons. The molecule has 4 aromatic carbocycles. The lowest BCUT2D eigenvalue weighted by Crippen LogP contribution is -2.30. The highest BCUT2D eigenvalue weighted by molar-refractivity contribution is 7.19. The van der Waals surface area contributed by atoms with Gasteiger partial charge in [0.25, 0.3) is 5.82 Å². The molecule has 0 unspecified atom stereocenters. The molecule has 4 aromatic heterocycles. The Bertz CT molecular complexity index is 2970. The van der Waals surface area contributed by atoms with Gasteiger partial charge < -0.3 is 0 Å². The fourth-order valence-corrected chi connectivity index (χ4v) is 10.5. The molecule has 1 aliphatic rings. The second-order valence-corrected chi connectivity index (χ2v) is 19.2. The van der Waals surface area contributed by atoms with E-state index in [1.165, 1.54) is 82.5 Å². The van der Waals surface area contributed by atoms with E-state index in [1.807, 2.05) is 37.5 Å². The van der Waals surface area contributed by atoms with E-state index >= 15 is 0 Å². The lowest BCUT2D eigenvalue weighted by atomic mass is 9.90. The van der Waals surface area contributed by atoms with Crippen molar-refractivity contribution in [1.29, 1.82) is 0 Å². The highest BCUT2D eigenvalue weighted by Crippen LogP contribution is 2.43. The van der Waals surface area contributed by atoms with Gasteiger partial charge in [-0.1, -0.05) is 161 Å². The first-order valence-electron chi connectivity index (χ1n) is 23.6. The summed E-state index contributed by atoms with van der Waals surface area (Å²) >= 11 is 1.91. The smallest absolute Gasteiger partial charge is 0.296 e. The molecule has 0 saturated carbocycles. The first kappa shape index (κ1) is 46.7. The number of nitrogens with zero attached hydrogens (tertiary/aromatic N) is 5. The molecule has 9 rings (SSSR count). The van der Waals surface area contributed by atoms with Crippen molar-refractivity contribution in [2.24, 2.45) is 0 Å². The molecule has 0 aliphatic carbocycles. The predicted octanol–water partition coefficient (Wildman–Crippen LogP) is 16.4. The molecule has 5 heterocycles. The molecule has 0 spiro atoms. The monoisotopic (exact) mass is 879 g/mol. The maximum Gasteiger partial charge on any atom is 0.296 e. The van der Waals surface area contributed by atoms with Crippen LogP contribution in [0.1, 0.15) is 133 Å². The third-order valence-electron chi connectivity index (χ3n) is 12.2. The van der Waals surface area contributed by atoms with Gasteiger partial charge in [0, 0.05) is 44.4 Å². The molecule has 0 saturated heterocycles. The summed E-state index contributed by atoms with van der Waals surface area (Å²) < 4.78 is 10.9. The number of aromatic nitrogens is 5. The van der Waals surface area contributed by atoms with Crippen LogP contribution in [0.4, 0.5) is 0 Å². The van der Waals surface area contributed by atoms with E-state index in [0.29, 0.717) is 23.7 Å². The largest absolute Gasteiger partial charge is 0.299 e. The van der Waals surface area contributed by atoms with Gasteiger partial charge in [0.05, 0.1) is 16.9 Å². The minimum absolute atomic E-state index is 0.360. The van der Waals surface area contributed by atoms with Gasteiger partial charge >= 0.3 is 0 Å². The van der Waals surface area contributed by atoms with Gasteiger partial charge in [-0.2, -0.15) is 4.57 Å². The van der Waals surface area contributed by atoms with Crippen molar-refractivity contribution < 1.29 is 4.57 Å². The summed E-state index contributed by atoms with van der Waals surface area (Å²) in [5, 5.41) is 1.37. The normalized spacial score (nSPS) is 12.3. The van der Waals surface area contributed by atoms with E-state index in [1.54, 1.807) is 0 Å². The second kappa shape index (κ2) is 20.3. The molecular formula is C59H68N5S+. The zero-order valence-electron chi connectivity index (χ0n) is 40.7. The molecule has 334 valence electrons. The number of benzene rings is 4. The average Bonchev–Trinajstić information content (AvgIpc) is 4.15. The Hall–Kier alpha value is -6.24. The van der Waals surface area contributed by atoms with Crippen LogP contribution in [-0.4, -0.2) is 18.7 Å². The Labute approximate surface area is 392 Å². The lowest BCUT2D eigenvalue weighted by Gasteiger charge is -2.23. The van der Waals surface area contributed by atoms with Gasteiger partial charge in [-0.3, -0.25) is 9.13 Å². The minimum atomic E-state index is 0.360. The van der Waals surface area contributed by atoms with Crippen LogP contribution < -0.4 is 4.57 Å². The van der Waals surface area contributed by atoms with Crippen molar-refractivity contribution in [2.45, 2.75) is 113 Å². The second-order valence-electron chi connectivity index (χ2n) is 17.9. The Morgan fingerprint density at radius 2 is 1.40 bits per heavy atom. The molecule has 0 atom stereocenters. The van der Waals surface area contributed by atoms with E-state index in [-0.39, 0.29) is 0 Å². The third kappa shape index (κ3) is 9.06. The van der Waals surface area contributed by atoms with E-state index in [2.05, 4.69) is 228 Å². The number of imidazole rings is 2. The van der Waals surface area contributed by atoms with Crippen molar-refractivity contribution in [2.75, 3.05) is 0 Å². The molecule has 5 nitrogen and oxygen atoms in total. The van der Waals surface area contributed by atoms with Crippen LogP contribution in [0.5, 0.6) is 0 Å². The fourth-order valence-electron chi connectivity index (χ4n) is 9.32. The maximum atomic E-state index is 4.86. The van der Waals surface area contributed by atoms with Crippen molar-refractivity contribution in [1.82, 2.24) is 18.7 Å². The first-order valence-corrected chi connectivity index (χ1v) is 24.4. The summed E-state index contributed by atoms with van der Waals surface area (Å²) in [5.41, 5.74) is 14.2. The topological polar surface area (TPSA) is 31.6 Å². The Balaban J connectivity index is 0.000000188. The highest BCUT2D eigenvalue weighted by Gasteiger charge is 2.34. The van der Waals surface area contributed by atoms with Gasteiger partial charge in [0.15, 0.2) is 0 Å². The van der Waals surface area contributed by atoms with Crippen molar-refractivity contribution >= 4 is 27.1 Å². The molecule has 65 heavy (non-hydrogen) atoms. The summed E-state index contributed by atoms with van der Waals surface area (Å²) in [6.45, 7) is 31.5. The summed E-state index contributed by atoms with van der Waals surface area (Å²) in [4.78, 5) is 6.23. The van der Waals surface area contributed by atoms with Crippen LogP contribution in [0, 0.1) is 6.92 Å². The lowest BCUT2D eigenvalue weighted by molar-refractivity contribution is -0.671. The Morgan fingerprint density at radius 3 is 2.06 bits per heavy atom. The zero-order chi connectivity index (χ0) is 46.5. The molecule has 8 aromatic rings. The van der Waals surface area contributed by atoms with Gasteiger partial charge in [-0.05, 0) is 102 Å². The van der Waals surface area contributed by atoms with Crippen LogP contribution in [0.3, 0.4) is 0 Å². The Morgan fingerprint density at radius 1 is 0.738 bits per heavy atom. The van der Waals surface area contributed by atoms with E-state index < -0.39 is 0 Å². The van der Waals surface area contributed by atoms with Crippen LogP contribution in [-0.2, 0) is 6.54 Å². The molecule has 0 amide bonds. The van der Waals surface area contributed by atoms with Crippen molar-refractivity contribution in [3.63, 3.8) is 0 Å². The zero-order valence-corrected chi connectivity index (χ0v) is 41.5. The number of hydrogen-bond acceptors (Lipinski definition) is 2. The maximum absolute atomic E-state index is 4.86. The SMILES string of the molecule is C=C/C=C(\C=C/C)n1c(-c2ccccc2)cc(C(C)C)c1-n1cc[n+]2c1-c1ccccc1C2.CC.Cc1cc2cc(C(C)C)c(-n3ccnc3-c3ccccc3C(C)C)c(C(C)C)c2s1. The number of allylic oxidation sites excluding steroid dienone is 5. The van der Waals surface area contributed by atoms with Crippen molar-refractivity contribution in [3.8, 4) is 45.5 Å².